The SMILES string of the molecule is CCOC(=O)CNC(=O)CN1CCc2nc(NC(=O)c3cc(C)on3)sc2C1. The zero-order valence-corrected chi connectivity index (χ0v) is 16.4. The van der Waals surface area contributed by atoms with E-state index in [0.717, 1.165) is 10.6 Å². The third-order valence-corrected chi connectivity index (χ3v) is 4.99. The Kier molecular flexibility index (Phi) is 6.37. The zero-order valence-electron chi connectivity index (χ0n) is 15.6. The van der Waals surface area contributed by atoms with E-state index in [9.17, 15) is 14.4 Å². The van der Waals surface area contributed by atoms with Gasteiger partial charge in [-0.15, -0.1) is 11.3 Å². The number of rotatable bonds is 7. The number of carbonyl (C=O) groups is 3. The van der Waals surface area contributed by atoms with E-state index in [1.807, 2.05) is 4.90 Å². The van der Waals surface area contributed by atoms with Crippen LogP contribution in [0.15, 0.2) is 10.6 Å². The number of aromatic nitrogens is 2. The van der Waals surface area contributed by atoms with Crippen molar-refractivity contribution in [3.63, 3.8) is 0 Å². The summed E-state index contributed by atoms with van der Waals surface area (Å²) in [4.78, 5) is 42.9. The fraction of sp³-hybridized carbons (Fsp3) is 0.471. The van der Waals surface area contributed by atoms with Crippen molar-refractivity contribution in [2.45, 2.75) is 26.8 Å². The van der Waals surface area contributed by atoms with Gasteiger partial charge in [0.1, 0.15) is 12.3 Å². The molecule has 150 valence electrons. The van der Waals surface area contributed by atoms with Gasteiger partial charge in [-0.2, -0.15) is 0 Å². The molecule has 11 heteroatoms. The maximum atomic E-state index is 12.2. The van der Waals surface area contributed by atoms with Gasteiger partial charge in [-0.1, -0.05) is 5.16 Å². The fourth-order valence-corrected chi connectivity index (χ4v) is 3.76. The fourth-order valence-electron chi connectivity index (χ4n) is 2.71. The highest BCUT2D eigenvalue weighted by atomic mass is 32.1. The largest absolute Gasteiger partial charge is 0.465 e. The van der Waals surface area contributed by atoms with Gasteiger partial charge in [0.05, 0.1) is 18.8 Å². The van der Waals surface area contributed by atoms with Crippen molar-refractivity contribution in [3.8, 4) is 0 Å². The first-order valence-corrected chi connectivity index (χ1v) is 9.64. The van der Waals surface area contributed by atoms with Crippen LogP contribution >= 0.6 is 11.3 Å². The van der Waals surface area contributed by atoms with E-state index in [0.29, 0.717) is 30.4 Å². The molecule has 0 radical (unpaired) electrons. The maximum Gasteiger partial charge on any atom is 0.325 e. The first-order chi connectivity index (χ1) is 13.4. The van der Waals surface area contributed by atoms with Gasteiger partial charge in [-0.3, -0.25) is 24.6 Å². The molecule has 0 aromatic carbocycles. The Morgan fingerprint density at radius 3 is 2.93 bits per heavy atom. The molecule has 2 N–H and O–H groups in total. The molecule has 2 aromatic rings. The summed E-state index contributed by atoms with van der Waals surface area (Å²) in [6, 6.07) is 1.56. The van der Waals surface area contributed by atoms with E-state index in [-0.39, 0.29) is 37.2 Å². The number of nitrogens with zero attached hydrogens (tertiary/aromatic N) is 3. The second-order valence-corrected chi connectivity index (χ2v) is 7.29. The summed E-state index contributed by atoms with van der Waals surface area (Å²) in [5.74, 6) is -0.517. The van der Waals surface area contributed by atoms with E-state index in [4.69, 9.17) is 9.26 Å². The lowest BCUT2D eigenvalue weighted by Crippen LogP contribution is -2.41. The highest BCUT2D eigenvalue weighted by molar-refractivity contribution is 7.15. The second-order valence-electron chi connectivity index (χ2n) is 6.21. The van der Waals surface area contributed by atoms with Crippen molar-refractivity contribution in [1.29, 1.82) is 0 Å². The van der Waals surface area contributed by atoms with E-state index in [2.05, 4.69) is 20.8 Å². The van der Waals surface area contributed by atoms with Gasteiger partial charge < -0.3 is 14.6 Å². The van der Waals surface area contributed by atoms with Gasteiger partial charge in [0, 0.05) is 30.5 Å². The van der Waals surface area contributed by atoms with Crippen molar-refractivity contribution in [1.82, 2.24) is 20.4 Å². The average molecular weight is 407 g/mol. The number of hydrogen-bond acceptors (Lipinski definition) is 9. The molecule has 3 rings (SSSR count). The summed E-state index contributed by atoms with van der Waals surface area (Å²) in [7, 11) is 0. The number of fused-ring (bicyclic) bond motifs is 1. The molecule has 0 aliphatic carbocycles. The molecule has 10 nitrogen and oxygen atoms in total. The van der Waals surface area contributed by atoms with Crippen LogP contribution in [0.5, 0.6) is 0 Å². The van der Waals surface area contributed by atoms with Crippen LogP contribution in [-0.4, -0.2) is 59.1 Å². The summed E-state index contributed by atoms with van der Waals surface area (Å²) in [6.45, 7) is 4.97. The smallest absolute Gasteiger partial charge is 0.325 e. The predicted octanol–water partition coefficient (Wildman–Crippen LogP) is 0.729. The molecule has 0 bridgehead atoms. The molecule has 0 unspecified atom stereocenters. The average Bonchev–Trinajstić information content (AvgIpc) is 3.25. The van der Waals surface area contributed by atoms with Crippen molar-refractivity contribution < 1.29 is 23.6 Å². The molecule has 0 fully saturated rings. The van der Waals surface area contributed by atoms with Crippen LogP contribution in [0.25, 0.3) is 0 Å². The predicted molar refractivity (Wildman–Crippen MR) is 99.9 cm³/mol. The Morgan fingerprint density at radius 2 is 2.21 bits per heavy atom. The van der Waals surface area contributed by atoms with Gasteiger partial charge >= 0.3 is 5.97 Å². The molecule has 0 spiro atoms. The van der Waals surface area contributed by atoms with Gasteiger partial charge in [-0.25, -0.2) is 4.98 Å². The summed E-state index contributed by atoms with van der Waals surface area (Å²) in [5, 5.41) is 9.45. The standard InChI is InChI=1S/C17H21N5O5S/c1-3-26-15(24)7-18-14(23)9-22-5-4-11-13(8-22)28-17(19-11)20-16(25)12-6-10(2)27-21-12/h6H,3-5,7-9H2,1-2H3,(H,18,23)(H,19,20,25). The first-order valence-electron chi connectivity index (χ1n) is 8.82. The summed E-state index contributed by atoms with van der Waals surface area (Å²) in [5.41, 5.74) is 1.12. The molecular weight excluding hydrogens is 386 g/mol. The number of esters is 1. The maximum absolute atomic E-state index is 12.2. The molecule has 2 aromatic heterocycles. The molecule has 1 aliphatic heterocycles. The van der Waals surface area contributed by atoms with Crippen LogP contribution in [0, 0.1) is 6.92 Å². The van der Waals surface area contributed by atoms with Crippen molar-refractivity contribution >= 4 is 34.3 Å². The van der Waals surface area contributed by atoms with Crippen LogP contribution < -0.4 is 10.6 Å². The number of amides is 2. The van der Waals surface area contributed by atoms with Crippen LogP contribution in [0.4, 0.5) is 5.13 Å². The van der Waals surface area contributed by atoms with Gasteiger partial charge in [0.15, 0.2) is 10.8 Å². The van der Waals surface area contributed by atoms with Gasteiger partial charge in [0.25, 0.3) is 5.91 Å². The second kappa shape index (κ2) is 8.93. The number of ether oxygens (including phenoxy) is 1. The summed E-state index contributed by atoms with van der Waals surface area (Å²) in [6.07, 6.45) is 0.677. The highest BCUT2D eigenvalue weighted by Gasteiger charge is 2.23. The lowest BCUT2D eigenvalue weighted by molar-refractivity contribution is -0.143. The van der Waals surface area contributed by atoms with Crippen molar-refractivity contribution in [2.75, 3.05) is 31.6 Å². The minimum atomic E-state index is -0.457. The van der Waals surface area contributed by atoms with Crippen LogP contribution in [0.3, 0.4) is 0 Å². The van der Waals surface area contributed by atoms with Crippen molar-refractivity contribution in [3.05, 3.63) is 28.1 Å². The summed E-state index contributed by atoms with van der Waals surface area (Å²) < 4.78 is 9.68. The van der Waals surface area contributed by atoms with Gasteiger partial charge in [-0.05, 0) is 13.8 Å². The van der Waals surface area contributed by atoms with E-state index >= 15 is 0 Å². The highest BCUT2D eigenvalue weighted by Crippen LogP contribution is 2.28. The summed E-state index contributed by atoms with van der Waals surface area (Å²) >= 11 is 1.37. The molecule has 0 saturated carbocycles. The van der Waals surface area contributed by atoms with Gasteiger partial charge in [0.2, 0.25) is 5.91 Å². The molecule has 28 heavy (non-hydrogen) atoms. The van der Waals surface area contributed by atoms with Crippen molar-refractivity contribution in [2.24, 2.45) is 0 Å². The number of hydrogen-bond donors (Lipinski definition) is 2. The normalized spacial score (nSPS) is 13.6. The monoisotopic (exact) mass is 407 g/mol. The molecule has 0 saturated heterocycles. The number of aryl methyl sites for hydroxylation is 1. The van der Waals surface area contributed by atoms with E-state index in [1.54, 1.807) is 19.9 Å². The third-order valence-electron chi connectivity index (χ3n) is 3.99. The molecule has 1 aliphatic rings. The Bertz CT molecular complexity index is 877. The number of anilines is 1. The lowest BCUT2D eigenvalue weighted by atomic mass is 10.2. The third kappa shape index (κ3) is 5.14. The number of nitrogens with one attached hydrogen (secondary N) is 2. The number of carbonyl (C=O) groups excluding carboxylic acids is 3. The van der Waals surface area contributed by atoms with Crippen LogP contribution in [0.1, 0.15) is 33.7 Å². The van der Waals surface area contributed by atoms with Crippen LogP contribution in [0.2, 0.25) is 0 Å². The van der Waals surface area contributed by atoms with E-state index in [1.165, 1.54) is 11.3 Å². The minimum absolute atomic E-state index is 0.135. The Hall–Kier alpha value is -2.79. The van der Waals surface area contributed by atoms with E-state index < -0.39 is 5.97 Å². The Morgan fingerprint density at radius 1 is 1.39 bits per heavy atom. The Balaban J connectivity index is 1.52. The molecular formula is C17H21N5O5S. The molecule has 2 amide bonds. The topological polar surface area (TPSA) is 127 Å². The van der Waals surface area contributed by atoms with Crippen LogP contribution in [-0.2, 0) is 27.3 Å². The zero-order chi connectivity index (χ0) is 20.1. The minimum Gasteiger partial charge on any atom is -0.465 e. The Labute approximate surface area is 165 Å². The molecule has 0 atom stereocenters. The quantitative estimate of drug-likeness (QED) is 0.643. The first kappa shape index (κ1) is 20.0. The lowest BCUT2D eigenvalue weighted by Gasteiger charge is -2.24. The molecule has 3 heterocycles. The number of thiazole rings is 1.